The lowest BCUT2D eigenvalue weighted by molar-refractivity contribution is -0.126. The molecule has 0 aliphatic heterocycles. The number of imidazole rings is 1. The molecule has 4 rings (SSSR count). The van der Waals surface area contributed by atoms with Gasteiger partial charge >= 0.3 is 0 Å². The molecule has 0 spiro atoms. The summed E-state index contributed by atoms with van der Waals surface area (Å²) in [5, 5.41) is 14.5. The summed E-state index contributed by atoms with van der Waals surface area (Å²) in [6.45, 7) is 4.06. The van der Waals surface area contributed by atoms with Crippen LogP contribution in [0.3, 0.4) is 0 Å². The van der Waals surface area contributed by atoms with Gasteiger partial charge in [-0.25, -0.2) is 9.67 Å². The summed E-state index contributed by atoms with van der Waals surface area (Å²) in [5.74, 6) is 0.594. The zero-order chi connectivity index (χ0) is 20.2. The Kier molecular flexibility index (Phi) is 5.33. The molecular formula is C21H23N7O. The van der Waals surface area contributed by atoms with Gasteiger partial charge in [-0.15, -0.1) is 5.10 Å². The number of H-pyrrole nitrogens is 1. The smallest absolute Gasteiger partial charge is 0.246 e. The fraction of sp³-hybridized carbons (Fsp3) is 0.286. The normalized spacial score (nSPS) is 14.4. The van der Waals surface area contributed by atoms with E-state index in [1.165, 1.54) is 11.0 Å². The number of amides is 1. The molecule has 0 fully saturated rings. The molecule has 29 heavy (non-hydrogen) atoms. The molecule has 8 heteroatoms. The molecule has 2 aromatic carbocycles. The first kappa shape index (κ1) is 18.8. The van der Waals surface area contributed by atoms with Crippen molar-refractivity contribution in [1.82, 2.24) is 35.5 Å². The van der Waals surface area contributed by atoms with Crippen molar-refractivity contribution in [2.45, 2.75) is 32.4 Å². The molecule has 148 valence electrons. The topological polar surface area (TPSA) is 101 Å². The van der Waals surface area contributed by atoms with Crippen molar-refractivity contribution >= 4 is 16.9 Å². The first-order chi connectivity index (χ1) is 14.2. The Morgan fingerprint density at radius 1 is 1.14 bits per heavy atom. The van der Waals surface area contributed by atoms with Gasteiger partial charge in [0.05, 0.1) is 11.0 Å². The molecule has 1 amide bonds. The predicted octanol–water partition coefficient (Wildman–Crippen LogP) is 3.04. The largest absolute Gasteiger partial charge is 0.340 e. The SMILES string of the molecule is CCC(C)C(C(=O)NC(c1ccccc1)c1nc2ccccc2[nH]1)n1cnnn1. The number of carbonyl (C=O) groups is 1. The minimum Gasteiger partial charge on any atom is -0.340 e. The Morgan fingerprint density at radius 2 is 1.90 bits per heavy atom. The Labute approximate surface area is 168 Å². The summed E-state index contributed by atoms with van der Waals surface area (Å²) >= 11 is 0. The van der Waals surface area contributed by atoms with Crippen LogP contribution in [0.15, 0.2) is 60.9 Å². The maximum absolute atomic E-state index is 13.3. The molecule has 2 aromatic heterocycles. The molecule has 0 saturated heterocycles. The van der Waals surface area contributed by atoms with Gasteiger partial charge in [-0.05, 0) is 34.0 Å². The summed E-state index contributed by atoms with van der Waals surface area (Å²) in [5.41, 5.74) is 2.73. The highest BCUT2D eigenvalue weighted by Gasteiger charge is 2.30. The van der Waals surface area contributed by atoms with Gasteiger partial charge in [0.25, 0.3) is 0 Å². The van der Waals surface area contributed by atoms with E-state index in [4.69, 9.17) is 4.98 Å². The van der Waals surface area contributed by atoms with Crippen LogP contribution in [0.1, 0.15) is 43.7 Å². The number of aromatic nitrogens is 6. The summed E-state index contributed by atoms with van der Waals surface area (Å²) in [6, 6.07) is 16.7. The van der Waals surface area contributed by atoms with Crippen molar-refractivity contribution in [3.63, 3.8) is 0 Å². The Bertz CT molecular complexity index is 1040. The van der Waals surface area contributed by atoms with E-state index in [9.17, 15) is 4.79 Å². The molecule has 3 unspecified atom stereocenters. The Balaban J connectivity index is 1.70. The summed E-state index contributed by atoms with van der Waals surface area (Å²) < 4.78 is 1.52. The third-order valence-corrected chi connectivity index (χ3v) is 5.20. The number of hydrogen-bond donors (Lipinski definition) is 2. The highest BCUT2D eigenvalue weighted by molar-refractivity contribution is 5.81. The van der Waals surface area contributed by atoms with Gasteiger partial charge in [0.2, 0.25) is 5.91 Å². The fourth-order valence-corrected chi connectivity index (χ4v) is 3.45. The van der Waals surface area contributed by atoms with Crippen LogP contribution in [-0.2, 0) is 4.79 Å². The second-order valence-corrected chi connectivity index (χ2v) is 7.11. The number of hydrogen-bond acceptors (Lipinski definition) is 5. The highest BCUT2D eigenvalue weighted by atomic mass is 16.2. The van der Waals surface area contributed by atoms with Crippen LogP contribution in [0, 0.1) is 5.92 Å². The molecule has 0 radical (unpaired) electrons. The van der Waals surface area contributed by atoms with Crippen molar-refractivity contribution < 1.29 is 4.79 Å². The van der Waals surface area contributed by atoms with Crippen LogP contribution in [0.4, 0.5) is 0 Å². The zero-order valence-electron chi connectivity index (χ0n) is 16.4. The third-order valence-electron chi connectivity index (χ3n) is 5.20. The minimum atomic E-state index is -0.509. The van der Waals surface area contributed by atoms with Crippen LogP contribution in [0.5, 0.6) is 0 Å². The number of carbonyl (C=O) groups excluding carboxylic acids is 1. The second-order valence-electron chi connectivity index (χ2n) is 7.11. The number of rotatable bonds is 7. The van der Waals surface area contributed by atoms with E-state index >= 15 is 0 Å². The van der Waals surface area contributed by atoms with E-state index in [2.05, 4.69) is 25.8 Å². The van der Waals surface area contributed by atoms with Crippen molar-refractivity contribution in [3.8, 4) is 0 Å². The number of tetrazole rings is 1. The van der Waals surface area contributed by atoms with Crippen LogP contribution in [0.25, 0.3) is 11.0 Å². The van der Waals surface area contributed by atoms with Gasteiger partial charge in [-0.2, -0.15) is 0 Å². The van der Waals surface area contributed by atoms with Crippen molar-refractivity contribution in [1.29, 1.82) is 0 Å². The van der Waals surface area contributed by atoms with Crippen LogP contribution in [-0.4, -0.2) is 36.1 Å². The molecule has 0 aliphatic rings. The molecule has 8 nitrogen and oxygen atoms in total. The maximum Gasteiger partial charge on any atom is 0.246 e. The molecule has 2 N–H and O–H groups in total. The summed E-state index contributed by atoms with van der Waals surface area (Å²) in [6.07, 6.45) is 2.30. The molecule has 4 aromatic rings. The minimum absolute atomic E-state index is 0.0607. The molecular weight excluding hydrogens is 366 g/mol. The molecule has 2 heterocycles. The second kappa shape index (κ2) is 8.22. The van der Waals surface area contributed by atoms with Crippen LogP contribution in [0.2, 0.25) is 0 Å². The number of aromatic amines is 1. The van der Waals surface area contributed by atoms with E-state index < -0.39 is 12.1 Å². The number of para-hydroxylation sites is 2. The first-order valence-electron chi connectivity index (χ1n) is 9.69. The van der Waals surface area contributed by atoms with Gasteiger partial charge in [0.15, 0.2) is 0 Å². The zero-order valence-corrected chi connectivity index (χ0v) is 16.4. The number of benzene rings is 2. The van der Waals surface area contributed by atoms with Crippen molar-refractivity contribution in [3.05, 3.63) is 72.3 Å². The monoisotopic (exact) mass is 389 g/mol. The molecule has 0 bridgehead atoms. The van der Waals surface area contributed by atoms with Gasteiger partial charge in [0, 0.05) is 0 Å². The van der Waals surface area contributed by atoms with Gasteiger partial charge in [-0.3, -0.25) is 4.79 Å². The lowest BCUT2D eigenvalue weighted by Gasteiger charge is -2.25. The fourth-order valence-electron chi connectivity index (χ4n) is 3.45. The quantitative estimate of drug-likeness (QED) is 0.506. The lowest BCUT2D eigenvalue weighted by Crippen LogP contribution is -2.39. The summed E-state index contributed by atoms with van der Waals surface area (Å²) in [4.78, 5) is 21.4. The number of nitrogens with zero attached hydrogens (tertiary/aromatic N) is 5. The summed E-state index contributed by atoms with van der Waals surface area (Å²) in [7, 11) is 0. The molecule has 0 saturated carbocycles. The standard InChI is InChI=1S/C21H23N7O/c1-3-14(2)19(28-13-22-26-27-28)21(29)25-18(15-9-5-4-6-10-15)20-23-16-11-7-8-12-17(16)24-20/h4-14,18-19H,3H2,1-2H3,(H,23,24)(H,25,29). The van der Waals surface area contributed by atoms with Crippen molar-refractivity contribution in [2.75, 3.05) is 0 Å². The molecule has 3 atom stereocenters. The average molecular weight is 389 g/mol. The van der Waals surface area contributed by atoms with E-state index in [-0.39, 0.29) is 11.8 Å². The van der Waals surface area contributed by atoms with Gasteiger partial charge in [0.1, 0.15) is 24.2 Å². The first-order valence-corrected chi connectivity index (χ1v) is 9.69. The molecule has 0 aliphatic carbocycles. The Morgan fingerprint density at radius 3 is 2.59 bits per heavy atom. The Hall–Kier alpha value is -3.55. The van der Waals surface area contributed by atoms with Crippen LogP contribution < -0.4 is 5.32 Å². The highest BCUT2D eigenvalue weighted by Crippen LogP contribution is 2.26. The third kappa shape index (κ3) is 3.87. The predicted molar refractivity (Wildman–Crippen MR) is 109 cm³/mol. The van der Waals surface area contributed by atoms with Crippen molar-refractivity contribution in [2.24, 2.45) is 5.92 Å². The van der Waals surface area contributed by atoms with Crippen LogP contribution >= 0.6 is 0 Å². The van der Waals surface area contributed by atoms with E-state index in [1.807, 2.05) is 68.4 Å². The maximum atomic E-state index is 13.3. The number of fused-ring (bicyclic) bond motifs is 1. The van der Waals surface area contributed by atoms with E-state index in [0.717, 1.165) is 23.0 Å². The van der Waals surface area contributed by atoms with E-state index in [0.29, 0.717) is 5.82 Å². The van der Waals surface area contributed by atoms with Gasteiger partial charge in [-0.1, -0.05) is 62.7 Å². The van der Waals surface area contributed by atoms with E-state index in [1.54, 1.807) is 0 Å². The van der Waals surface area contributed by atoms with Gasteiger partial charge < -0.3 is 10.3 Å². The lowest BCUT2D eigenvalue weighted by atomic mass is 9.97. The average Bonchev–Trinajstić information content (AvgIpc) is 3.42. The number of nitrogens with one attached hydrogen (secondary N) is 2.